The van der Waals surface area contributed by atoms with Crippen LogP contribution in [0.4, 0.5) is 0 Å². The van der Waals surface area contributed by atoms with Gasteiger partial charge in [0.05, 0.1) is 5.57 Å². The molecule has 0 amide bonds. The molecule has 0 aromatic carbocycles. The fourth-order valence-electron chi connectivity index (χ4n) is 3.13. The van der Waals surface area contributed by atoms with Gasteiger partial charge in [0.2, 0.25) is 0 Å². The lowest BCUT2D eigenvalue weighted by Crippen LogP contribution is -2.41. The molecular weight excluding hydrogens is 188 g/mol. The van der Waals surface area contributed by atoms with Crippen molar-refractivity contribution in [3.05, 3.63) is 11.6 Å². The monoisotopic (exact) mass is 206 g/mol. The van der Waals surface area contributed by atoms with Gasteiger partial charge < -0.3 is 0 Å². The highest BCUT2D eigenvalue weighted by molar-refractivity contribution is 6.12. The van der Waals surface area contributed by atoms with Gasteiger partial charge in [0.15, 0.2) is 12.1 Å². The number of Topliss-reactive ketones (excluding diaryl/α,β-unsaturated/α-hetero) is 1. The van der Waals surface area contributed by atoms with Crippen LogP contribution in [0.1, 0.15) is 39.5 Å². The summed E-state index contributed by atoms with van der Waals surface area (Å²) in [4.78, 5) is 22.4. The Hall–Kier alpha value is -0.920. The van der Waals surface area contributed by atoms with Gasteiger partial charge in [-0.2, -0.15) is 0 Å². The van der Waals surface area contributed by atoms with Gasteiger partial charge in [-0.3, -0.25) is 9.59 Å². The quantitative estimate of drug-likeness (QED) is 0.488. The Morgan fingerprint density at radius 2 is 2.20 bits per heavy atom. The highest BCUT2D eigenvalue weighted by atomic mass is 16.1. The molecule has 0 aromatic heterocycles. The zero-order valence-electron chi connectivity index (χ0n) is 9.45. The molecule has 82 valence electrons. The van der Waals surface area contributed by atoms with Gasteiger partial charge in [-0.15, -0.1) is 0 Å². The highest BCUT2D eigenvalue weighted by Crippen LogP contribution is 2.50. The number of hydrogen-bond acceptors (Lipinski definition) is 2. The molecule has 0 radical (unpaired) electrons. The van der Waals surface area contributed by atoms with Gasteiger partial charge in [0, 0.05) is 6.42 Å². The molecule has 0 heterocycles. The average Bonchev–Trinajstić information content (AvgIpc) is 2.21. The summed E-state index contributed by atoms with van der Waals surface area (Å²) in [6, 6.07) is 0. The van der Waals surface area contributed by atoms with E-state index in [4.69, 9.17) is 0 Å². The van der Waals surface area contributed by atoms with E-state index in [0.717, 1.165) is 12.7 Å². The van der Waals surface area contributed by atoms with Crippen LogP contribution in [0, 0.1) is 17.3 Å². The molecule has 0 aliphatic heterocycles. The first-order chi connectivity index (χ1) is 7.08. The van der Waals surface area contributed by atoms with Crippen LogP contribution in [0.2, 0.25) is 0 Å². The van der Waals surface area contributed by atoms with Gasteiger partial charge in [0.25, 0.3) is 0 Å². The van der Waals surface area contributed by atoms with E-state index in [1.165, 1.54) is 12.8 Å². The van der Waals surface area contributed by atoms with Crippen LogP contribution < -0.4 is 0 Å². The lowest BCUT2D eigenvalue weighted by molar-refractivity contribution is -0.121. The number of hydrogen-bond donors (Lipinski definition) is 0. The van der Waals surface area contributed by atoms with Gasteiger partial charge in [-0.1, -0.05) is 26.3 Å². The van der Waals surface area contributed by atoms with Crippen molar-refractivity contribution in [3.8, 4) is 0 Å². The second-order valence-electron chi connectivity index (χ2n) is 5.24. The summed E-state index contributed by atoms with van der Waals surface area (Å²) in [7, 11) is 0. The topological polar surface area (TPSA) is 34.1 Å². The number of aldehydes is 1. The Labute approximate surface area is 90.7 Å². The number of carbonyl (C=O) groups excluding carboxylic acids is 2. The molecule has 2 rings (SSSR count). The predicted molar refractivity (Wildman–Crippen MR) is 58.4 cm³/mol. The van der Waals surface area contributed by atoms with E-state index in [1.54, 1.807) is 0 Å². The van der Waals surface area contributed by atoms with Crippen LogP contribution in [0.25, 0.3) is 0 Å². The van der Waals surface area contributed by atoms with Crippen LogP contribution in [0.5, 0.6) is 0 Å². The van der Waals surface area contributed by atoms with Crippen molar-refractivity contribution in [2.75, 3.05) is 0 Å². The van der Waals surface area contributed by atoms with E-state index in [2.05, 4.69) is 13.8 Å². The summed E-state index contributed by atoms with van der Waals surface area (Å²) in [6.45, 7) is 4.44. The summed E-state index contributed by atoms with van der Waals surface area (Å²) in [5.74, 6) is 1.08. The lowest BCUT2D eigenvalue weighted by Gasteiger charge is -2.46. The predicted octanol–water partition coefficient (Wildman–Crippen LogP) is 2.53. The summed E-state index contributed by atoms with van der Waals surface area (Å²) >= 11 is 0. The zero-order chi connectivity index (χ0) is 11.1. The van der Waals surface area contributed by atoms with Crippen molar-refractivity contribution >= 4 is 12.1 Å². The molecule has 1 saturated carbocycles. The lowest BCUT2D eigenvalue weighted by atomic mass is 9.57. The molecular formula is C13H18O2. The minimum atomic E-state index is 0.0431. The first-order valence-corrected chi connectivity index (χ1v) is 5.79. The fraction of sp³-hybridized carbons (Fsp3) is 0.692. The van der Waals surface area contributed by atoms with E-state index in [0.29, 0.717) is 23.8 Å². The van der Waals surface area contributed by atoms with Gasteiger partial charge in [-0.25, -0.2) is 0 Å². The van der Waals surface area contributed by atoms with Crippen molar-refractivity contribution in [3.63, 3.8) is 0 Å². The average molecular weight is 206 g/mol. The number of ketones is 1. The van der Waals surface area contributed by atoms with E-state index in [-0.39, 0.29) is 11.2 Å². The summed E-state index contributed by atoms with van der Waals surface area (Å²) < 4.78 is 0. The number of rotatable bonds is 1. The maximum absolute atomic E-state index is 11.6. The smallest absolute Gasteiger partial charge is 0.166 e. The molecule has 2 aliphatic carbocycles. The van der Waals surface area contributed by atoms with Crippen LogP contribution in [-0.2, 0) is 9.59 Å². The molecule has 0 N–H and O–H groups in total. The van der Waals surface area contributed by atoms with Crippen molar-refractivity contribution in [2.24, 2.45) is 17.3 Å². The SMILES string of the molecule is C[C@H]1CCC[C@H]2CC(=O)C(C=O)=C[C@@]21C. The molecule has 15 heavy (non-hydrogen) atoms. The molecule has 2 aliphatic rings. The second kappa shape index (κ2) is 3.58. The summed E-state index contributed by atoms with van der Waals surface area (Å²) in [6.07, 6.45) is 6.81. The maximum atomic E-state index is 11.6. The van der Waals surface area contributed by atoms with Crippen LogP contribution >= 0.6 is 0 Å². The highest BCUT2D eigenvalue weighted by Gasteiger charge is 2.44. The van der Waals surface area contributed by atoms with Crippen molar-refractivity contribution in [2.45, 2.75) is 39.5 Å². The van der Waals surface area contributed by atoms with Crippen molar-refractivity contribution in [1.82, 2.24) is 0 Å². The Balaban J connectivity index is 2.40. The maximum Gasteiger partial charge on any atom is 0.166 e. The van der Waals surface area contributed by atoms with Gasteiger partial charge >= 0.3 is 0 Å². The number of allylic oxidation sites excluding steroid dienone is 2. The van der Waals surface area contributed by atoms with E-state index in [1.807, 2.05) is 6.08 Å². The largest absolute Gasteiger partial charge is 0.298 e. The Morgan fingerprint density at radius 1 is 1.47 bits per heavy atom. The van der Waals surface area contributed by atoms with Crippen LogP contribution in [-0.4, -0.2) is 12.1 Å². The third-order valence-electron chi connectivity index (χ3n) is 4.48. The minimum absolute atomic E-state index is 0.0431. The first-order valence-electron chi connectivity index (χ1n) is 5.79. The Morgan fingerprint density at radius 3 is 2.87 bits per heavy atom. The van der Waals surface area contributed by atoms with Crippen LogP contribution in [0.3, 0.4) is 0 Å². The number of carbonyl (C=O) groups is 2. The van der Waals surface area contributed by atoms with Crippen molar-refractivity contribution < 1.29 is 9.59 Å². The molecule has 0 bridgehead atoms. The molecule has 2 heteroatoms. The molecule has 3 atom stereocenters. The number of fused-ring (bicyclic) bond motifs is 1. The molecule has 1 fully saturated rings. The molecule has 0 aromatic rings. The fourth-order valence-corrected chi connectivity index (χ4v) is 3.13. The zero-order valence-corrected chi connectivity index (χ0v) is 9.45. The third kappa shape index (κ3) is 1.56. The van der Waals surface area contributed by atoms with E-state index < -0.39 is 0 Å². The molecule has 0 saturated heterocycles. The van der Waals surface area contributed by atoms with Gasteiger partial charge in [0.1, 0.15) is 0 Å². The first kappa shape index (κ1) is 10.6. The molecule has 0 spiro atoms. The van der Waals surface area contributed by atoms with E-state index in [9.17, 15) is 9.59 Å². The van der Waals surface area contributed by atoms with E-state index >= 15 is 0 Å². The Bertz CT molecular complexity index is 329. The molecule has 2 nitrogen and oxygen atoms in total. The standard InChI is InChI=1S/C13H18O2/c1-9-4-3-5-11-6-12(15)10(8-14)7-13(9,11)2/h7-9,11H,3-6H2,1-2H3/t9-,11-,13+/m0/s1. The summed E-state index contributed by atoms with van der Waals surface area (Å²) in [5, 5.41) is 0. The normalized spacial score (nSPS) is 40.7. The third-order valence-corrected chi connectivity index (χ3v) is 4.48. The van der Waals surface area contributed by atoms with Crippen molar-refractivity contribution in [1.29, 1.82) is 0 Å². The Kier molecular flexibility index (Phi) is 2.53. The minimum Gasteiger partial charge on any atom is -0.298 e. The van der Waals surface area contributed by atoms with Crippen LogP contribution in [0.15, 0.2) is 11.6 Å². The summed E-state index contributed by atoms with van der Waals surface area (Å²) in [5.41, 5.74) is 0.477. The second-order valence-corrected chi connectivity index (χ2v) is 5.24. The van der Waals surface area contributed by atoms with Gasteiger partial charge in [-0.05, 0) is 30.1 Å². The molecule has 0 unspecified atom stereocenters.